The minimum absolute atomic E-state index is 0.243. The number of hydrogen-bond acceptors (Lipinski definition) is 3. The lowest BCUT2D eigenvalue weighted by Gasteiger charge is -2.04. The molecule has 0 aliphatic heterocycles. The van der Waals surface area contributed by atoms with Crippen molar-refractivity contribution in [1.29, 1.82) is 0 Å². The maximum atomic E-state index is 12.0. The fourth-order valence-electron chi connectivity index (χ4n) is 1.66. The lowest BCUT2D eigenvalue weighted by Crippen LogP contribution is -2.16. The van der Waals surface area contributed by atoms with Gasteiger partial charge < -0.3 is 11.1 Å². The molecule has 98 valence electrons. The zero-order chi connectivity index (χ0) is 13.8. The highest BCUT2D eigenvalue weighted by Gasteiger charge is 2.15. The van der Waals surface area contributed by atoms with Gasteiger partial charge in [0.15, 0.2) is 0 Å². The molecule has 5 heteroatoms. The number of nitrogens with one attached hydrogen (secondary N) is 1. The number of primary amides is 1. The van der Waals surface area contributed by atoms with Gasteiger partial charge in [-0.25, -0.2) is 0 Å². The molecule has 0 bridgehead atoms. The van der Waals surface area contributed by atoms with E-state index in [0.717, 1.165) is 11.3 Å². The maximum Gasteiger partial charge on any atom is 0.256 e. The van der Waals surface area contributed by atoms with E-state index in [4.69, 9.17) is 5.73 Å². The van der Waals surface area contributed by atoms with Crippen LogP contribution < -0.4 is 11.1 Å². The Morgan fingerprint density at radius 2 is 1.95 bits per heavy atom. The van der Waals surface area contributed by atoms with Gasteiger partial charge in [-0.1, -0.05) is 25.1 Å². The molecule has 0 atom stereocenters. The first-order valence-electron chi connectivity index (χ1n) is 5.90. The number of thiophene rings is 1. The number of carbonyl (C=O) groups is 2. The highest BCUT2D eigenvalue weighted by molar-refractivity contribution is 7.16. The van der Waals surface area contributed by atoms with Gasteiger partial charge in [0.1, 0.15) is 5.00 Å². The molecule has 0 radical (unpaired) electrons. The average Bonchev–Trinajstić information content (AvgIpc) is 2.83. The van der Waals surface area contributed by atoms with Crippen molar-refractivity contribution in [3.63, 3.8) is 0 Å². The van der Waals surface area contributed by atoms with Crippen LogP contribution in [0.25, 0.3) is 0 Å². The standard InChI is InChI=1S/C14H14N2O2S/c1-2-10-8-11(12(15)17)14(19-10)16-13(18)9-6-4-3-5-7-9/h3-8H,2H2,1H3,(H2,15,17)(H,16,18). The smallest absolute Gasteiger partial charge is 0.256 e. The van der Waals surface area contributed by atoms with Gasteiger partial charge in [0.2, 0.25) is 0 Å². The van der Waals surface area contributed by atoms with E-state index in [1.54, 1.807) is 30.3 Å². The normalized spacial score (nSPS) is 10.2. The highest BCUT2D eigenvalue weighted by Crippen LogP contribution is 2.28. The molecule has 1 aromatic heterocycles. The van der Waals surface area contributed by atoms with Crippen LogP contribution in [0.4, 0.5) is 5.00 Å². The average molecular weight is 274 g/mol. The van der Waals surface area contributed by atoms with Crippen LogP contribution in [0.1, 0.15) is 32.5 Å². The van der Waals surface area contributed by atoms with Gasteiger partial charge in [0.25, 0.3) is 11.8 Å². The maximum absolute atomic E-state index is 12.0. The second kappa shape index (κ2) is 5.67. The Labute approximate surface area is 115 Å². The van der Waals surface area contributed by atoms with E-state index in [1.807, 2.05) is 13.0 Å². The number of benzene rings is 1. The van der Waals surface area contributed by atoms with E-state index in [2.05, 4.69) is 5.32 Å². The summed E-state index contributed by atoms with van der Waals surface area (Å²) < 4.78 is 0. The quantitative estimate of drug-likeness (QED) is 0.899. The van der Waals surface area contributed by atoms with Crippen LogP contribution in [-0.4, -0.2) is 11.8 Å². The molecule has 2 aromatic rings. The third-order valence-electron chi connectivity index (χ3n) is 2.66. The van der Waals surface area contributed by atoms with Crippen LogP contribution in [-0.2, 0) is 6.42 Å². The Morgan fingerprint density at radius 1 is 1.26 bits per heavy atom. The molecule has 0 spiro atoms. The molecule has 0 saturated carbocycles. The third-order valence-corrected chi connectivity index (χ3v) is 3.85. The molecule has 0 aliphatic rings. The number of amides is 2. The molecule has 2 amide bonds. The summed E-state index contributed by atoms with van der Waals surface area (Å²) in [5.41, 5.74) is 6.23. The topological polar surface area (TPSA) is 72.2 Å². The first kappa shape index (κ1) is 13.3. The van der Waals surface area contributed by atoms with Crippen molar-refractivity contribution in [2.24, 2.45) is 5.73 Å². The van der Waals surface area contributed by atoms with Crippen LogP contribution in [0.3, 0.4) is 0 Å². The van der Waals surface area contributed by atoms with Crippen molar-refractivity contribution in [3.8, 4) is 0 Å². The van der Waals surface area contributed by atoms with Crippen LogP contribution in [0.5, 0.6) is 0 Å². The SMILES string of the molecule is CCc1cc(C(N)=O)c(NC(=O)c2ccccc2)s1. The Kier molecular flexibility index (Phi) is 3.97. The van der Waals surface area contributed by atoms with Crippen LogP contribution in [0, 0.1) is 0 Å². The summed E-state index contributed by atoms with van der Waals surface area (Å²) >= 11 is 1.38. The Bertz CT molecular complexity index is 605. The fraction of sp³-hybridized carbons (Fsp3) is 0.143. The summed E-state index contributed by atoms with van der Waals surface area (Å²) in [6, 6.07) is 10.6. The summed E-state index contributed by atoms with van der Waals surface area (Å²) in [5, 5.41) is 3.25. The minimum Gasteiger partial charge on any atom is -0.366 e. The molecule has 0 unspecified atom stereocenters. The van der Waals surface area contributed by atoms with E-state index in [0.29, 0.717) is 16.1 Å². The Balaban J connectivity index is 2.26. The Hall–Kier alpha value is -2.14. The second-order valence-electron chi connectivity index (χ2n) is 3.99. The zero-order valence-corrected chi connectivity index (χ0v) is 11.3. The minimum atomic E-state index is -0.528. The molecule has 0 aliphatic carbocycles. The molecule has 1 aromatic carbocycles. The zero-order valence-electron chi connectivity index (χ0n) is 10.5. The largest absolute Gasteiger partial charge is 0.366 e. The molecule has 19 heavy (non-hydrogen) atoms. The van der Waals surface area contributed by atoms with Crippen LogP contribution in [0.2, 0.25) is 0 Å². The second-order valence-corrected chi connectivity index (χ2v) is 5.13. The number of anilines is 1. The number of aryl methyl sites for hydroxylation is 1. The predicted octanol–water partition coefficient (Wildman–Crippen LogP) is 2.66. The van der Waals surface area contributed by atoms with E-state index in [1.165, 1.54) is 11.3 Å². The van der Waals surface area contributed by atoms with Crippen LogP contribution in [0.15, 0.2) is 36.4 Å². The molecule has 0 saturated heterocycles. The number of carbonyl (C=O) groups excluding carboxylic acids is 2. The molecule has 0 fully saturated rings. The van der Waals surface area contributed by atoms with Crippen molar-refractivity contribution in [2.75, 3.05) is 5.32 Å². The Morgan fingerprint density at radius 3 is 2.53 bits per heavy atom. The van der Waals surface area contributed by atoms with E-state index in [9.17, 15) is 9.59 Å². The molecular weight excluding hydrogens is 260 g/mol. The van der Waals surface area contributed by atoms with E-state index >= 15 is 0 Å². The van der Waals surface area contributed by atoms with Crippen molar-refractivity contribution < 1.29 is 9.59 Å². The van der Waals surface area contributed by atoms with E-state index in [-0.39, 0.29) is 5.91 Å². The lowest BCUT2D eigenvalue weighted by atomic mass is 10.2. The van der Waals surface area contributed by atoms with Gasteiger partial charge in [0, 0.05) is 10.4 Å². The summed E-state index contributed by atoms with van der Waals surface area (Å²) in [6.07, 6.45) is 0.798. The van der Waals surface area contributed by atoms with Gasteiger partial charge in [-0.15, -0.1) is 11.3 Å². The van der Waals surface area contributed by atoms with Crippen molar-refractivity contribution in [2.45, 2.75) is 13.3 Å². The first-order valence-corrected chi connectivity index (χ1v) is 6.72. The first-order chi connectivity index (χ1) is 9.11. The van der Waals surface area contributed by atoms with Gasteiger partial charge in [-0.2, -0.15) is 0 Å². The number of nitrogens with two attached hydrogens (primary N) is 1. The van der Waals surface area contributed by atoms with Gasteiger partial charge in [-0.05, 0) is 24.6 Å². The monoisotopic (exact) mass is 274 g/mol. The number of rotatable bonds is 4. The molecular formula is C14H14N2O2S. The summed E-state index contributed by atoms with van der Waals surface area (Å²) in [6.45, 7) is 1.99. The summed E-state index contributed by atoms with van der Waals surface area (Å²) in [5.74, 6) is -0.771. The number of hydrogen-bond donors (Lipinski definition) is 2. The summed E-state index contributed by atoms with van der Waals surface area (Å²) in [7, 11) is 0. The molecule has 1 heterocycles. The van der Waals surface area contributed by atoms with Crippen molar-refractivity contribution in [1.82, 2.24) is 0 Å². The molecule has 4 nitrogen and oxygen atoms in total. The van der Waals surface area contributed by atoms with Crippen LogP contribution >= 0.6 is 11.3 Å². The summed E-state index contributed by atoms with van der Waals surface area (Å²) in [4.78, 5) is 24.4. The predicted molar refractivity (Wildman–Crippen MR) is 76.6 cm³/mol. The van der Waals surface area contributed by atoms with Gasteiger partial charge in [-0.3, -0.25) is 9.59 Å². The van der Waals surface area contributed by atoms with Gasteiger partial charge in [0.05, 0.1) is 5.56 Å². The van der Waals surface area contributed by atoms with Crippen molar-refractivity contribution >= 4 is 28.2 Å². The molecule has 3 N–H and O–H groups in total. The fourth-order valence-corrected chi connectivity index (χ4v) is 2.65. The third kappa shape index (κ3) is 3.00. The van der Waals surface area contributed by atoms with E-state index < -0.39 is 5.91 Å². The molecule has 2 rings (SSSR count). The highest BCUT2D eigenvalue weighted by atomic mass is 32.1. The van der Waals surface area contributed by atoms with Crippen molar-refractivity contribution in [3.05, 3.63) is 52.4 Å². The lowest BCUT2D eigenvalue weighted by molar-refractivity contribution is 0.100. The van der Waals surface area contributed by atoms with Gasteiger partial charge >= 0.3 is 0 Å².